The lowest BCUT2D eigenvalue weighted by atomic mass is 9.92. The number of pyridine rings is 1. The van der Waals surface area contributed by atoms with Crippen molar-refractivity contribution in [2.75, 3.05) is 18.0 Å². The van der Waals surface area contributed by atoms with Crippen molar-refractivity contribution < 1.29 is 9.59 Å². The highest BCUT2D eigenvalue weighted by molar-refractivity contribution is 5.94. The Balaban J connectivity index is 1.45. The van der Waals surface area contributed by atoms with Crippen LogP contribution >= 0.6 is 0 Å². The fourth-order valence-electron chi connectivity index (χ4n) is 6.05. The zero-order valence-electron chi connectivity index (χ0n) is 22.9. The van der Waals surface area contributed by atoms with E-state index in [-0.39, 0.29) is 17.9 Å². The number of rotatable bonds is 7. The third-order valence-electron chi connectivity index (χ3n) is 8.09. The lowest BCUT2D eigenvalue weighted by molar-refractivity contribution is -0.133. The molecule has 9 heteroatoms. The molecule has 1 aromatic carbocycles. The molecule has 0 spiro atoms. The lowest BCUT2D eigenvalue weighted by Crippen LogP contribution is -2.52. The Labute approximate surface area is 230 Å². The molecule has 0 N–H and O–H groups in total. The number of carbonyl (C=O) groups is 2. The quantitative estimate of drug-likeness (QED) is 0.459. The van der Waals surface area contributed by atoms with Crippen molar-refractivity contribution in [3.63, 3.8) is 0 Å². The van der Waals surface area contributed by atoms with Gasteiger partial charge in [-0.3, -0.25) is 24.2 Å². The number of fused-ring (bicyclic) bond motifs is 3. The summed E-state index contributed by atoms with van der Waals surface area (Å²) in [4.78, 5) is 41.8. The van der Waals surface area contributed by atoms with Gasteiger partial charge in [-0.1, -0.05) is 31.5 Å². The van der Waals surface area contributed by atoms with E-state index in [4.69, 9.17) is 0 Å². The molecule has 0 aliphatic carbocycles. The highest BCUT2D eigenvalue weighted by atomic mass is 16.2. The Morgan fingerprint density at radius 3 is 2.59 bits per heavy atom. The van der Waals surface area contributed by atoms with E-state index < -0.39 is 0 Å². The highest BCUT2D eigenvalue weighted by Crippen LogP contribution is 2.32. The Kier molecular flexibility index (Phi) is 8.98. The second kappa shape index (κ2) is 13.0. The first-order chi connectivity index (χ1) is 19.1. The number of anilines is 1. The molecular weight excluding hydrogens is 490 g/mol. The lowest BCUT2D eigenvalue weighted by Gasteiger charge is -2.44. The normalized spacial score (nSPS) is 20.2. The molecule has 2 amide bonds. The van der Waals surface area contributed by atoms with E-state index in [2.05, 4.69) is 38.2 Å². The third kappa shape index (κ3) is 6.71. The molecule has 9 nitrogen and oxygen atoms in total. The SMILES string of the molecule is CCC(=O)N1CCC2CCCC(CN(C(=O)CCCn3cncn3)Cc3ccccc31)N2Cc1ccncc1. The van der Waals surface area contributed by atoms with Gasteiger partial charge in [0.15, 0.2) is 0 Å². The second-order valence-corrected chi connectivity index (χ2v) is 10.6. The number of para-hydroxylation sites is 1. The molecule has 4 heterocycles. The molecule has 3 aromatic rings. The highest BCUT2D eigenvalue weighted by Gasteiger charge is 2.34. The molecule has 2 aliphatic rings. The Hall–Kier alpha value is -3.59. The van der Waals surface area contributed by atoms with Gasteiger partial charge in [-0.25, -0.2) is 4.98 Å². The predicted octanol–water partition coefficient (Wildman–Crippen LogP) is 4.05. The fraction of sp³-hybridized carbons (Fsp3) is 0.500. The van der Waals surface area contributed by atoms with E-state index >= 15 is 0 Å². The summed E-state index contributed by atoms with van der Waals surface area (Å²) >= 11 is 0. The number of carbonyl (C=O) groups excluding carboxylic acids is 2. The van der Waals surface area contributed by atoms with Gasteiger partial charge < -0.3 is 9.80 Å². The third-order valence-corrected chi connectivity index (χ3v) is 8.09. The minimum Gasteiger partial charge on any atom is -0.337 e. The van der Waals surface area contributed by atoms with Crippen LogP contribution in [0.5, 0.6) is 0 Å². The summed E-state index contributed by atoms with van der Waals surface area (Å²) in [6.45, 7) is 5.26. The van der Waals surface area contributed by atoms with Crippen molar-refractivity contribution in [1.29, 1.82) is 0 Å². The molecule has 2 aromatic heterocycles. The maximum absolute atomic E-state index is 13.8. The van der Waals surface area contributed by atoms with Crippen LogP contribution < -0.4 is 4.90 Å². The van der Waals surface area contributed by atoms with Crippen LogP contribution in [0.25, 0.3) is 0 Å². The topological polar surface area (TPSA) is 87.5 Å². The van der Waals surface area contributed by atoms with Crippen LogP contribution in [0.15, 0.2) is 61.4 Å². The Morgan fingerprint density at radius 1 is 0.974 bits per heavy atom. The Bertz CT molecular complexity index is 1220. The van der Waals surface area contributed by atoms with Gasteiger partial charge in [0.05, 0.1) is 0 Å². The molecular formula is C30H39N7O2. The number of amides is 2. The van der Waals surface area contributed by atoms with Crippen molar-refractivity contribution in [2.24, 2.45) is 0 Å². The van der Waals surface area contributed by atoms with Crippen LogP contribution in [-0.4, -0.2) is 66.5 Å². The zero-order valence-corrected chi connectivity index (χ0v) is 22.9. The van der Waals surface area contributed by atoms with E-state index in [1.165, 1.54) is 11.9 Å². The minimum atomic E-state index is 0.125. The summed E-state index contributed by atoms with van der Waals surface area (Å²) < 4.78 is 1.77. The smallest absolute Gasteiger partial charge is 0.226 e. The Morgan fingerprint density at radius 2 is 1.79 bits per heavy atom. The second-order valence-electron chi connectivity index (χ2n) is 10.6. The zero-order chi connectivity index (χ0) is 27.0. The van der Waals surface area contributed by atoms with Gasteiger partial charge in [-0.15, -0.1) is 0 Å². The monoisotopic (exact) mass is 529 g/mol. The first kappa shape index (κ1) is 27.0. The van der Waals surface area contributed by atoms with Crippen LogP contribution in [-0.2, 0) is 29.2 Å². The van der Waals surface area contributed by atoms with Crippen molar-refractivity contribution in [3.8, 4) is 0 Å². The van der Waals surface area contributed by atoms with Crippen molar-refractivity contribution in [2.45, 2.75) is 83.6 Å². The predicted molar refractivity (Wildman–Crippen MR) is 150 cm³/mol. The standard InChI is InChI=1S/C30H39N7O2/c1-2-29(38)36-18-14-26-8-5-9-27(37(26)19-24-12-15-31-16-13-24)21-34(20-25-7-3-4-10-28(25)36)30(39)11-6-17-35-23-32-22-33-35/h3-4,7,10,12-13,15-16,22-23,26-27H,2,5-6,8-9,11,14,17-21H2,1H3. The number of hydrogen-bond acceptors (Lipinski definition) is 6. The summed E-state index contributed by atoms with van der Waals surface area (Å²) in [5.41, 5.74) is 3.19. The van der Waals surface area contributed by atoms with Gasteiger partial charge in [-0.2, -0.15) is 5.10 Å². The summed E-state index contributed by atoms with van der Waals surface area (Å²) in [6.07, 6.45) is 12.7. The first-order valence-electron chi connectivity index (χ1n) is 14.3. The van der Waals surface area contributed by atoms with Crippen LogP contribution in [0.4, 0.5) is 5.69 Å². The molecule has 1 saturated heterocycles. The maximum atomic E-state index is 13.8. The molecule has 39 heavy (non-hydrogen) atoms. The van der Waals surface area contributed by atoms with Gasteiger partial charge in [0.25, 0.3) is 0 Å². The van der Waals surface area contributed by atoms with Crippen LogP contribution in [0, 0.1) is 0 Å². The first-order valence-corrected chi connectivity index (χ1v) is 14.3. The van der Waals surface area contributed by atoms with E-state index in [0.29, 0.717) is 51.5 Å². The molecule has 206 valence electrons. The molecule has 0 radical (unpaired) electrons. The maximum Gasteiger partial charge on any atom is 0.226 e. The molecule has 5 rings (SSSR count). The number of aromatic nitrogens is 4. The molecule has 1 fully saturated rings. The van der Waals surface area contributed by atoms with E-state index in [0.717, 1.165) is 43.5 Å². The number of hydrogen-bond donors (Lipinski definition) is 0. The van der Waals surface area contributed by atoms with Gasteiger partial charge in [0, 0.05) is 75.7 Å². The molecule has 2 atom stereocenters. The number of benzene rings is 1. The fourth-order valence-corrected chi connectivity index (χ4v) is 6.05. The van der Waals surface area contributed by atoms with Crippen LogP contribution in [0.1, 0.15) is 63.0 Å². The van der Waals surface area contributed by atoms with Crippen LogP contribution in [0.2, 0.25) is 0 Å². The molecule has 2 aliphatic heterocycles. The van der Waals surface area contributed by atoms with E-state index in [9.17, 15) is 9.59 Å². The molecule has 2 unspecified atom stereocenters. The van der Waals surface area contributed by atoms with Crippen molar-refractivity contribution in [1.82, 2.24) is 29.5 Å². The molecule has 2 bridgehead atoms. The van der Waals surface area contributed by atoms with Crippen molar-refractivity contribution >= 4 is 17.5 Å². The summed E-state index contributed by atoms with van der Waals surface area (Å²) in [5, 5.41) is 4.17. The molecule has 0 saturated carbocycles. The van der Waals surface area contributed by atoms with Gasteiger partial charge >= 0.3 is 0 Å². The van der Waals surface area contributed by atoms with Crippen molar-refractivity contribution in [3.05, 3.63) is 72.6 Å². The van der Waals surface area contributed by atoms with Gasteiger partial charge in [0.1, 0.15) is 12.7 Å². The summed E-state index contributed by atoms with van der Waals surface area (Å²) in [7, 11) is 0. The summed E-state index contributed by atoms with van der Waals surface area (Å²) in [6, 6.07) is 12.9. The van der Waals surface area contributed by atoms with Crippen LogP contribution in [0.3, 0.4) is 0 Å². The summed E-state index contributed by atoms with van der Waals surface area (Å²) in [5.74, 6) is 0.268. The average Bonchev–Trinajstić information content (AvgIpc) is 3.48. The minimum absolute atomic E-state index is 0.125. The van der Waals surface area contributed by atoms with E-state index in [1.54, 1.807) is 11.0 Å². The average molecular weight is 530 g/mol. The van der Waals surface area contributed by atoms with E-state index in [1.807, 2.05) is 47.3 Å². The largest absolute Gasteiger partial charge is 0.337 e. The number of aryl methyl sites for hydroxylation is 1. The van der Waals surface area contributed by atoms with Gasteiger partial charge in [0.2, 0.25) is 11.8 Å². The number of nitrogens with zero attached hydrogens (tertiary/aromatic N) is 7. The number of piperidine rings is 1. The van der Waals surface area contributed by atoms with Gasteiger partial charge in [-0.05, 0) is 55.0 Å².